The maximum absolute atomic E-state index is 12.4. The van der Waals surface area contributed by atoms with Gasteiger partial charge in [-0.05, 0) is 49.9 Å². The second-order valence-corrected chi connectivity index (χ2v) is 7.24. The van der Waals surface area contributed by atoms with Gasteiger partial charge in [0, 0.05) is 35.0 Å². The number of nitrogens with zero attached hydrogens (tertiary/aromatic N) is 1. The standard InChI is InChI=1S/C17H20BrN3O3/c18-14-5-3-13(4-6-14)17(24)21-9-7-12(8-10-21)16(23)20-19-15(22)11-1-2-11/h3-6,11-12H,1-2,7-10H2,(H,19,22)(H,20,23). The van der Waals surface area contributed by atoms with Crippen molar-refractivity contribution in [3.05, 3.63) is 34.3 Å². The van der Waals surface area contributed by atoms with Crippen molar-refractivity contribution in [3.8, 4) is 0 Å². The lowest BCUT2D eigenvalue weighted by Gasteiger charge is -2.31. The van der Waals surface area contributed by atoms with Crippen LogP contribution in [-0.4, -0.2) is 35.7 Å². The highest BCUT2D eigenvalue weighted by atomic mass is 79.9. The maximum Gasteiger partial charge on any atom is 0.253 e. The van der Waals surface area contributed by atoms with E-state index in [0.717, 1.165) is 17.3 Å². The summed E-state index contributed by atoms with van der Waals surface area (Å²) in [6.45, 7) is 1.09. The molecule has 1 aliphatic carbocycles. The third kappa shape index (κ3) is 4.14. The average Bonchev–Trinajstić information content (AvgIpc) is 3.45. The zero-order valence-corrected chi connectivity index (χ0v) is 14.8. The summed E-state index contributed by atoms with van der Waals surface area (Å²) >= 11 is 3.35. The van der Waals surface area contributed by atoms with Crippen molar-refractivity contribution in [2.24, 2.45) is 11.8 Å². The van der Waals surface area contributed by atoms with Crippen LogP contribution in [0.5, 0.6) is 0 Å². The van der Waals surface area contributed by atoms with Crippen molar-refractivity contribution in [3.63, 3.8) is 0 Å². The Morgan fingerprint density at radius 3 is 1.88 bits per heavy atom. The van der Waals surface area contributed by atoms with E-state index in [2.05, 4.69) is 26.8 Å². The largest absolute Gasteiger partial charge is 0.339 e. The molecular formula is C17H20BrN3O3. The number of benzene rings is 1. The number of likely N-dealkylation sites (tertiary alicyclic amines) is 1. The number of rotatable bonds is 3. The van der Waals surface area contributed by atoms with Crippen molar-refractivity contribution in [2.75, 3.05) is 13.1 Å². The van der Waals surface area contributed by atoms with Gasteiger partial charge in [0.15, 0.2) is 0 Å². The zero-order chi connectivity index (χ0) is 17.1. The minimum Gasteiger partial charge on any atom is -0.339 e. The summed E-state index contributed by atoms with van der Waals surface area (Å²) in [5.41, 5.74) is 5.64. The highest BCUT2D eigenvalue weighted by Gasteiger charge is 2.31. The number of nitrogens with one attached hydrogen (secondary N) is 2. The van der Waals surface area contributed by atoms with Gasteiger partial charge in [-0.2, -0.15) is 0 Å². The van der Waals surface area contributed by atoms with Gasteiger partial charge < -0.3 is 4.90 Å². The molecule has 0 unspecified atom stereocenters. The molecule has 3 amide bonds. The van der Waals surface area contributed by atoms with Gasteiger partial charge in [-0.3, -0.25) is 25.2 Å². The molecule has 1 aromatic rings. The second-order valence-electron chi connectivity index (χ2n) is 6.33. The molecule has 24 heavy (non-hydrogen) atoms. The molecule has 2 aliphatic rings. The summed E-state index contributed by atoms with van der Waals surface area (Å²) in [6, 6.07) is 7.27. The third-order valence-electron chi connectivity index (χ3n) is 4.50. The lowest BCUT2D eigenvalue weighted by molar-refractivity contribution is -0.132. The van der Waals surface area contributed by atoms with Crippen molar-refractivity contribution < 1.29 is 14.4 Å². The molecule has 0 atom stereocenters. The van der Waals surface area contributed by atoms with Crippen molar-refractivity contribution in [1.82, 2.24) is 15.8 Å². The lowest BCUT2D eigenvalue weighted by Crippen LogP contribution is -2.48. The van der Waals surface area contributed by atoms with Crippen LogP contribution >= 0.6 is 15.9 Å². The van der Waals surface area contributed by atoms with Crippen molar-refractivity contribution >= 4 is 33.7 Å². The first kappa shape index (κ1) is 17.0. The fourth-order valence-electron chi connectivity index (χ4n) is 2.79. The smallest absolute Gasteiger partial charge is 0.253 e. The van der Waals surface area contributed by atoms with E-state index >= 15 is 0 Å². The van der Waals surface area contributed by atoms with Crippen LogP contribution in [0.3, 0.4) is 0 Å². The minimum atomic E-state index is -0.168. The summed E-state index contributed by atoms with van der Waals surface area (Å²) in [5, 5.41) is 0. The van der Waals surface area contributed by atoms with Gasteiger partial charge in [0.05, 0.1) is 0 Å². The molecule has 1 saturated heterocycles. The van der Waals surface area contributed by atoms with E-state index < -0.39 is 0 Å². The molecule has 1 saturated carbocycles. The summed E-state index contributed by atoms with van der Waals surface area (Å²) in [6.07, 6.45) is 3.01. The minimum absolute atomic E-state index is 0.0107. The number of amides is 3. The van der Waals surface area contributed by atoms with Crippen LogP contribution in [0.15, 0.2) is 28.7 Å². The first-order valence-corrected chi connectivity index (χ1v) is 8.98. The van der Waals surface area contributed by atoms with Crippen LogP contribution in [0, 0.1) is 11.8 Å². The van der Waals surface area contributed by atoms with Crippen LogP contribution in [0.4, 0.5) is 0 Å². The highest BCUT2D eigenvalue weighted by molar-refractivity contribution is 9.10. The van der Waals surface area contributed by atoms with E-state index in [1.165, 1.54) is 0 Å². The zero-order valence-electron chi connectivity index (χ0n) is 13.3. The average molecular weight is 394 g/mol. The normalized spacial score (nSPS) is 18.1. The molecule has 0 bridgehead atoms. The SMILES string of the molecule is O=C(NNC(=O)C1CCN(C(=O)c2ccc(Br)cc2)CC1)C1CC1. The highest BCUT2D eigenvalue weighted by Crippen LogP contribution is 2.28. The molecule has 7 heteroatoms. The summed E-state index contributed by atoms with van der Waals surface area (Å²) < 4.78 is 0.933. The van der Waals surface area contributed by atoms with Crippen molar-refractivity contribution in [1.29, 1.82) is 0 Å². The van der Waals surface area contributed by atoms with Crippen LogP contribution in [0.2, 0.25) is 0 Å². The topological polar surface area (TPSA) is 78.5 Å². The van der Waals surface area contributed by atoms with Crippen LogP contribution < -0.4 is 10.9 Å². The number of hydrazine groups is 1. The quantitative estimate of drug-likeness (QED) is 0.769. The molecule has 3 rings (SSSR count). The van der Waals surface area contributed by atoms with Crippen LogP contribution in [0.1, 0.15) is 36.0 Å². The molecule has 1 heterocycles. The second kappa shape index (κ2) is 7.34. The number of halogens is 1. The predicted molar refractivity (Wildman–Crippen MR) is 91.8 cm³/mol. The van der Waals surface area contributed by atoms with Gasteiger partial charge in [0.1, 0.15) is 0 Å². The maximum atomic E-state index is 12.4. The Morgan fingerprint density at radius 1 is 0.875 bits per heavy atom. The number of hydrogen-bond acceptors (Lipinski definition) is 3. The fourth-order valence-corrected chi connectivity index (χ4v) is 3.06. The fraction of sp³-hybridized carbons (Fsp3) is 0.471. The monoisotopic (exact) mass is 393 g/mol. The first-order chi connectivity index (χ1) is 11.5. The number of hydrogen-bond donors (Lipinski definition) is 2. The van der Waals surface area contributed by atoms with Gasteiger partial charge in [-0.1, -0.05) is 15.9 Å². The molecule has 128 valence electrons. The molecule has 6 nitrogen and oxygen atoms in total. The molecule has 2 N–H and O–H groups in total. The Bertz CT molecular complexity index is 635. The van der Waals surface area contributed by atoms with Gasteiger partial charge >= 0.3 is 0 Å². The van der Waals surface area contributed by atoms with Crippen LogP contribution in [-0.2, 0) is 9.59 Å². The van der Waals surface area contributed by atoms with E-state index in [-0.39, 0.29) is 29.6 Å². The van der Waals surface area contributed by atoms with E-state index in [1.54, 1.807) is 17.0 Å². The molecular weight excluding hydrogens is 374 g/mol. The summed E-state index contributed by atoms with van der Waals surface area (Å²) in [4.78, 5) is 37.8. The van der Waals surface area contributed by atoms with E-state index in [0.29, 0.717) is 31.5 Å². The number of carbonyl (C=O) groups is 3. The van der Waals surface area contributed by atoms with E-state index in [9.17, 15) is 14.4 Å². The Kier molecular flexibility index (Phi) is 5.18. The first-order valence-electron chi connectivity index (χ1n) is 8.19. The molecule has 0 radical (unpaired) electrons. The molecule has 2 fully saturated rings. The third-order valence-corrected chi connectivity index (χ3v) is 5.03. The van der Waals surface area contributed by atoms with E-state index in [4.69, 9.17) is 0 Å². The lowest BCUT2D eigenvalue weighted by atomic mass is 9.95. The Balaban J connectivity index is 1.46. The van der Waals surface area contributed by atoms with Crippen LogP contribution in [0.25, 0.3) is 0 Å². The molecule has 1 aliphatic heterocycles. The van der Waals surface area contributed by atoms with E-state index in [1.807, 2.05) is 12.1 Å². The molecule has 0 spiro atoms. The summed E-state index contributed by atoms with van der Waals surface area (Å²) in [7, 11) is 0. The summed E-state index contributed by atoms with van der Waals surface area (Å²) in [5.74, 6) is -0.386. The van der Waals surface area contributed by atoms with Gasteiger partial charge in [-0.15, -0.1) is 0 Å². The number of piperidine rings is 1. The molecule has 0 aromatic heterocycles. The Hall–Kier alpha value is -1.89. The Labute approximate surface area is 149 Å². The molecule has 1 aromatic carbocycles. The number of carbonyl (C=O) groups excluding carboxylic acids is 3. The Morgan fingerprint density at radius 2 is 1.38 bits per heavy atom. The predicted octanol–water partition coefficient (Wildman–Crippen LogP) is 1.86. The van der Waals surface area contributed by atoms with Gasteiger partial charge in [0.2, 0.25) is 11.8 Å². The van der Waals surface area contributed by atoms with Gasteiger partial charge in [0.25, 0.3) is 5.91 Å². The van der Waals surface area contributed by atoms with Gasteiger partial charge in [-0.25, -0.2) is 0 Å². The van der Waals surface area contributed by atoms with Crippen molar-refractivity contribution in [2.45, 2.75) is 25.7 Å².